The standard InChI is InChI=1S/C10H19N/c1-2-8-6-9(8)10(11)5-7-3-4-7/h7-10H,2-6,11H2,1H3/t8-,9-,10?/m1/s1. The Morgan fingerprint density at radius 3 is 2.64 bits per heavy atom. The number of hydrogen-bond donors (Lipinski definition) is 1. The van der Waals surface area contributed by atoms with Crippen molar-refractivity contribution in [2.75, 3.05) is 0 Å². The molecule has 0 aromatic rings. The van der Waals surface area contributed by atoms with Gasteiger partial charge in [0.15, 0.2) is 0 Å². The van der Waals surface area contributed by atoms with Crippen molar-refractivity contribution in [3.05, 3.63) is 0 Å². The van der Waals surface area contributed by atoms with E-state index >= 15 is 0 Å². The summed E-state index contributed by atoms with van der Waals surface area (Å²) in [7, 11) is 0. The predicted octanol–water partition coefficient (Wildman–Crippen LogP) is 2.16. The van der Waals surface area contributed by atoms with Crippen LogP contribution in [0.15, 0.2) is 0 Å². The van der Waals surface area contributed by atoms with E-state index in [9.17, 15) is 0 Å². The van der Waals surface area contributed by atoms with Crippen LogP contribution >= 0.6 is 0 Å². The van der Waals surface area contributed by atoms with Gasteiger partial charge < -0.3 is 5.73 Å². The molecule has 3 atom stereocenters. The Balaban J connectivity index is 1.68. The van der Waals surface area contributed by atoms with Gasteiger partial charge in [-0.15, -0.1) is 0 Å². The van der Waals surface area contributed by atoms with Crippen molar-refractivity contribution in [2.24, 2.45) is 23.5 Å². The summed E-state index contributed by atoms with van der Waals surface area (Å²) in [4.78, 5) is 0. The fourth-order valence-corrected chi connectivity index (χ4v) is 2.18. The van der Waals surface area contributed by atoms with Crippen LogP contribution in [-0.4, -0.2) is 6.04 Å². The lowest BCUT2D eigenvalue weighted by Gasteiger charge is -2.09. The molecule has 2 rings (SSSR count). The molecular formula is C10H19N. The third-order valence-electron chi connectivity index (χ3n) is 3.35. The molecule has 0 aromatic heterocycles. The molecule has 2 aliphatic rings. The zero-order chi connectivity index (χ0) is 7.84. The average Bonchev–Trinajstić information content (AvgIpc) is 2.82. The minimum Gasteiger partial charge on any atom is -0.327 e. The molecule has 11 heavy (non-hydrogen) atoms. The third kappa shape index (κ3) is 1.76. The van der Waals surface area contributed by atoms with Crippen molar-refractivity contribution < 1.29 is 0 Å². The van der Waals surface area contributed by atoms with Crippen LogP contribution in [0.2, 0.25) is 0 Å². The van der Waals surface area contributed by atoms with Gasteiger partial charge in [0.2, 0.25) is 0 Å². The second-order valence-corrected chi connectivity index (χ2v) is 4.41. The number of nitrogens with two attached hydrogens (primary N) is 1. The van der Waals surface area contributed by atoms with Gasteiger partial charge in [-0.1, -0.05) is 26.2 Å². The summed E-state index contributed by atoms with van der Waals surface area (Å²) in [6.45, 7) is 2.29. The van der Waals surface area contributed by atoms with E-state index < -0.39 is 0 Å². The largest absolute Gasteiger partial charge is 0.327 e. The summed E-state index contributed by atoms with van der Waals surface area (Å²) in [5, 5.41) is 0. The Hall–Kier alpha value is -0.0400. The van der Waals surface area contributed by atoms with Crippen LogP contribution in [0.5, 0.6) is 0 Å². The van der Waals surface area contributed by atoms with Gasteiger partial charge in [-0.3, -0.25) is 0 Å². The quantitative estimate of drug-likeness (QED) is 0.658. The molecule has 2 fully saturated rings. The Labute approximate surface area is 69.4 Å². The van der Waals surface area contributed by atoms with Crippen molar-refractivity contribution in [1.82, 2.24) is 0 Å². The van der Waals surface area contributed by atoms with Gasteiger partial charge in [0.05, 0.1) is 0 Å². The maximum Gasteiger partial charge on any atom is 0.00725 e. The maximum absolute atomic E-state index is 6.09. The first-order valence-electron chi connectivity index (χ1n) is 5.06. The van der Waals surface area contributed by atoms with Gasteiger partial charge >= 0.3 is 0 Å². The molecule has 0 saturated heterocycles. The fraction of sp³-hybridized carbons (Fsp3) is 1.00. The molecule has 64 valence electrons. The minimum atomic E-state index is 0.549. The van der Waals surface area contributed by atoms with E-state index in [1.807, 2.05) is 0 Å². The smallest absolute Gasteiger partial charge is 0.00725 e. The van der Waals surface area contributed by atoms with E-state index in [0.717, 1.165) is 17.8 Å². The molecule has 0 amide bonds. The lowest BCUT2D eigenvalue weighted by molar-refractivity contribution is 0.484. The van der Waals surface area contributed by atoms with Crippen LogP contribution in [0, 0.1) is 17.8 Å². The van der Waals surface area contributed by atoms with E-state index in [4.69, 9.17) is 5.73 Å². The lowest BCUT2D eigenvalue weighted by atomic mass is 10.0. The molecule has 0 radical (unpaired) electrons. The average molecular weight is 153 g/mol. The topological polar surface area (TPSA) is 26.0 Å². The summed E-state index contributed by atoms with van der Waals surface area (Å²) in [6.07, 6.45) is 7.00. The van der Waals surface area contributed by atoms with Crippen molar-refractivity contribution in [1.29, 1.82) is 0 Å². The first kappa shape index (κ1) is 7.60. The van der Waals surface area contributed by atoms with Crippen molar-refractivity contribution in [3.63, 3.8) is 0 Å². The lowest BCUT2D eigenvalue weighted by Crippen LogP contribution is -2.23. The van der Waals surface area contributed by atoms with E-state index in [1.165, 1.54) is 32.1 Å². The van der Waals surface area contributed by atoms with Crippen LogP contribution in [0.25, 0.3) is 0 Å². The van der Waals surface area contributed by atoms with Crippen LogP contribution in [0.1, 0.15) is 39.0 Å². The van der Waals surface area contributed by atoms with Gasteiger partial charge in [0.25, 0.3) is 0 Å². The Kier molecular flexibility index (Phi) is 1.92. The first-order valence-corrected chi connectivity index (χ1v) is 5.06. The Morgan fingerprint density at radius 1 is 1.45 bits per heavy atom. The summed E-state index contributed by atoms with van der Waals surface area (Å²) < 4.78 is 0. The molecule has 2 N–H and O–H groups in total. The molecule has 1 heteroatoms. The zero-order valence-corrected chi connectivity index (χ0v) is 7.42. The first-order chi connectivity index (χ1) is 5.31. The molecule has 0 spiro atoms. The van der Waals surface area contributed by atoms with E-state index in [0.29, 0.717) is 6.04 Å². The highest BCUT2D eigenvalue weighted by molar-refractivity contribution is 4.94. The number of hydrogen-bond acceptors (Lipinski definition) is 1. The monoisotopic (exact) mass is 153 g/mol. The highest BCUT2D eigenvalue weighted by Gasteiger charge is 2.41. The maximum atomic E-state index is 6.09. The Bertz CT molecular complexity index is 140. The predicted molar refractivity (Wildman–Crippen MR) is 47.2 cm³/mol. The molecule has 0 aromatic carbocycles. The fourth-order valence-electron chi connectivity index (χ4n) is 2.18. The van der Waals surface area contributed by atoms with Crippen LogP contribution < -0.4 is 5.73 Å². The van der Waals surface area contributed by atoms with Gasteiger partial charge in [0.1, 0.15) is 0 Å². The molecule has 2 saturated carbocycles. The highest BCUT2D eigenvalue weighted by Crippen LogP contribution is 2.46. The van der Waals surface area contributed by atoms with Crippen LogP contribution in [0.4, 0.5) is 0 Å². The third-order valence-corrected chi connectivity index (χ3v) is 3.35. The number of rotatable bonds is 4. The molecule has 2 aliphatic carbocycles. The normalized spacial score (nSPS) is 38.7. The molecule has 1 nitrogen and oxygen atoms in total. The Morgan fingerprint density at radius 2 is 2.18 bits per heavy atom. The molecule has 1 unspecified atom stereocenters. The highest BCUT2D eigenvalue weighted by atomic mass is 14.7. The van der Waals surface area contributed by atoms with E-state index in [2.05, 4.69) is 6.92 Å². The minimum absolute atomic E-state index is 0.549. The van der Waals surface area contributed by atoms with Gasteiger partial charge in [-0.25, -0.2) is 0 Å². The van der Waals surface area contributed by atoms with E-state index in [1.54, 1.807) is 0 Å². The van der Waals surface area contributed by atoms with Crippen molar-refractivity contribution in [2.45, 2.75) is 45.1 Å². The van der Waals surface area contributed by atoms with Crippen LogP contribution in [0.3, 0.4) is 0 Å². The van der Waals surface area contributed by atoms with Crippen LogP contribution in [-0.2, 0) is 0 Å². The zero-order valence-electron chi connectivity index (χ0n) is 7.42. The van der Waals surface area contributed by atoms with Gasteiger partial charge in [-0.05, 0) is 30.6 Å². The SMILES string of the molecule is CC[C@@H]1C[C@H]1C(N)CC1CC1. The van der Waals surface area contributed by atoms with Crippen molar-refractivity contribution in [3.8, 4) is 0 Å². The van der Waals surface area contributed by atoms with Gasteiger partial charge in [0, 0.05) is 6.04 Å². The van der Waals surface area contributed by atoms with Gasteiger partial charge in [-0.2, -0.15) is 0 Å². The summed E-state index contributed by atoms with van der Waals surface area (Å²) in [6, 6.07) is 0.549. The summed E-state index contributed by atoms with van der Waals surface area (Å²) >= 11 is 0. The molecule has 0 bridgehead atoms. The van der Waals surface area contributed by atoms with Crippen molar-refractivity contribution >= 4 is 0 Å². The summed E-state index contributed by atoms with van der Waals surface area (Å²) in [5.74, 6) is 2.91. The van der Waals surface area contributed by atoms with E-state index in [-0.39, 0.29) is 0 Å². The molecule has 0 heterocycles. The summed E-state index contributed by atoms with van der Waals surface area (Å²) in [5.41, 5.74) is 6.09. The second-order valence-electron chi connectivity index (χ2n) is 4.41. The second kappa shape index (κ2) is 2.78. The molecular weight excluding hydrogens is 134 g/mol. The molecule has 0 aliphatic heterocycles.